The van der Waals surface area contributed by atoms with Gasteiger partial charge in [0.1, 0.15) is 0 Å². The Labute approximate surface area is 89.5 Å². The maximum atomic E-state index is 5.80. The normalized spacial score (nSPS) is 27.9. The van der Waals surface area contributed by atoms with Crippen LogP contribution in [0.4, 0.5) is 0 Å². The van der Waals surface area contributed by atoms with Gasteiger partial charge in [-0.1, -0.05) is 0 Å². The van der Waals surface area contributed by atoms with Crippen molar-refractivity contribution in [1.82, 2.24) is 5.32 Å². The van der Waals surface area contributed by atoms with Gasteiger partial charge in [0.2, 0.25) is 0 Å². The van der Waals surface area contributed by atoms with Gasteiger partial charge in [-0.15, -0.1) is 11.3 Å². The Morgan fingerprint density at radius 2 is 2.43 bits per heavy atom. The molecule has 0 unspecified atom stereocenters. The second kappa shape index (κ2) is 4.43. The van der Waals surface area contributed by atoms with Gasteiger partial charge in [-0.3, -0.25) is 0 Å². The molecule has 0 radical (unpaired) electrons. The van der Waals surface area contributed by atoms with Crippen LogP contribution in [-0.2, 0) is 0 Å². The lowest BCUT2D eigenvalue weighted by Gasteiger charge is -2.31. The van der Waals surface area contributed by atoms with Crippen molar-refractivity contribution in [2.45, 2.75) is 25.8 Å². The van der Waals surface area contributed by atoms with Crippen LogP contribution in [0.2, 0.25) is 0 Å². The smallest absolute Gasteiger partial charge is 0.0455 e. The number of hydrogen-bond acceptors (Lipinski definition) is 3. The van der Waals surface area contributed by atoms with Crippen LogP contribution in [0.1, 0.15) is 28.6 Å². The van der Waals surface area contributed by atoms with Crippen LogP contribution < -0.4 is 11.1 Å². The summed E-state index contributed by atoms with van der Waals surface area (Å²) in [5, 5.41) is 3.58. The molecule has 0 aromatic carbocycles. The van der Waals surface area contributed by atoms with Crippen LogP contribution in [-0.4, -0.2) is 13.1 Å². The van der Waals surface area contributed by atoms with E-state index in [1.54, 1.807) is 0 Å². The molecule has 0 bridgehead atoms. The van der Waals surface area contributed by atoms with E-state index in [0.29, 0.717) is 12.0 Å². The molecule has 1 saturated heterocycles. The van der Waals surface area contributed by atoms with Gasteiger partial charge in [0.15, 0.2) is 0 Å². The van der Waals surface area contributed by atoms with Gasteiger partial charge in [-0.25, -0.2) is 0 Å². The average Bonchev–Trinajstić information content (AvgIpc) is 2.65. The van der Waals surface area contributed by atoms with E-state index in [-0.39, 0.29) is 0 Å². The Morgan fingerprint density at radius 1 is 1.57 bits per heavy atom. The molecule has 3 N–H and O–H groups in total. The van der Waals surface area contributed by atoms with Crippen LogP contribution in [0, 0.1) is 12.8 Å². The fraction of sp³-hybridized carbons (Fsp3) is 0.636. The average molecular weight is 210 g/mol. The Balaban J connectivity index is 2.14. The standard InChI is InChI=1S/C11H18N2S/c1-8-4-5-10(14-8)11-9(7-12)3-2-6-13-11/h4-5,9,11,13H,2-3,6-7,12H2,1H3/t9-,11+/m0/s1. The lowest BCUT2D eigenvalue weighted by molar-refractivity contribution is 0.295. The lowest BCUT2D eigenvalue weighted by atomic mass is 9.90. The van der Waals surface area contributed by atoms with Crippen molar-refractivity contribution in [2.24, 2.45) is 11.7 Å². The summed E-state index contributed by atoms with van der Waals surface area (Å²) in [4.78, 5) is 2.85. The molecule has 0 saturated carbocycles. The number of aryl methyl sites for hydroxylation is 1. The molecule has 3 heteroatoms. The Bertz CT molecular complexity index is 295. The number of rotatable bonds is 2. The molecule has 2 atom stereocenters. The molecule has 1 aliphatic rings. The molecule has 2 nitrogen and oxygen atoms in total. The summed E-state index contributed by atoms with van der Waals surface area (Å²) in [6.45, 7) is 4.10. The molecule has 14 heavy (non-hydrogen) atoms. The van der Waals surface area contributed by atoms with Crippen LogP contribution in [0.3, 0.4) is 0 Å². The molecule has 2 rings (SSSR count). The van der Waals surface area contributed by atoms with Crippen molar-refractivity contribution in [3.8, 4) is 0 Å². The molecule has 1 aromatic rings. The zero-order valence-electron chi connectivity index (χ0n) is 8.62. The lowest BCUT2D eigenvalue weighted by Crippen LogP contribution is -2.37. The number of thiophene rings is 1. The minimum Gasteiger partial charge on any atom is -0.330 e. The van der Waals surface area contributed by atoms with Crippen molar-refractivity contribution in [3.63, 3.8) is 0 Å². The van der Waals surface area contributed by atoms with Crippen molar-refractivity contribution in [3.05, 3.63) is 21.9 Å². The van der Waals surface area contributed by atoms with E-state index in [9.17, 15) is 0 Å². The van der Waals surface area contributed by atoms with E-state index in [2.05, 4.69) is 24.4 Å². The number of nitrogens with one attached hydrogen (secondary N) is 1. The van der Waals surface area contributed by atoms with Gasteiger partial charge in [-0.05, 0) is 50.9 Å². The van der Waals surface area contributed by atoms with E-state index in [1.807, 2.05) is 11.3 Å². The van der Waals surface area contributed by atoms with Crippen LogP contribution in [0.15, 0.2) is 12.1 Å². The molecule has 0 spiro atoms. The summed E-state index contributed by atoms with van der Waals surface area (Å²) < 4.78 is 0. The summed E-state index contributed by atoms with van der Waals surface area (Å²) in [5.74, 6) is 0.627. The van der Waals surface area contributed by atoms with Gasteiger partial charge in [0.25, 0.3) is 0 Å². The molecular weight excluding hydrogens is 192 g/mol. The third-order valence-electron chi connectivity index (χ3n) is 2.96. The van der Waals surface area contributed by atoms with Crippen molar-refractivity contribution < 1.29 is 0 Å². The Kier molecular flexibility index (Phi) is 3.21. The summed E-state index contributed by atoms with van der Waals surface area (Å²) in [6.07, 6.45) is 2.54. The summed E-state index contributed by atoms with van der Waals surface area (Å²) in [7, 11) is 0. The third kappa shape index (κ3) is 2.00. The minimum absolute atomic E-state index is 0.507. The SMILES string of the molecule is Cc1ccc([C@@H]2NCCC[C@H]2CN)s1. The third-order valence-corrected chi connectivity index (χ3v) is 4.04. The first-order valence-corrected chi connectivity index (χ1v) is 6.12. The largest absolute Gasteiger partial charge is 0.330 e. The van der Waals surface area contributed by atoms with Crippen LogP contribution in [0.5, 0.6) is 0 Å². The highest BCUT2D eigenvalue weighted by Crippen LogP contribution is 2.32. The van der Waals surface area contributed by atoms with E-state index < -0.39 is 0 Å². The van der Waals surface area contributed by atoms with Crippen molar-refractivity contribution in [1.29, 1.82) is 0 Å². The summed E-state index contributed by atoms with van der Waals surface area (Å²) in [5.41, 5.74) is 5.80. The van der Waals surface area contributed by atoms with Gasteiger partial charge in [0.05, 0.1) is 0 Å². The molecule has 78 valence electrons. The zero-order chi connectivity index (χ0) is 9.97. The number of piperidine rings is 1. The van der Waals surface area contributed by atoms with Gasteiger partial charge in [-0.2, -0.15) is 0 Å². The predicted octanol–water partition coefficient (Wildman–Crippen LogP) is 2.06. The Morgan fingerprint density at radius 3 is 3.07 bits per heavy atom. The van der Waals surface area contributed by atoms with Crippen molar-refractivity contribution in [2.75, 3.05) is 13.1 Å². The first kappa shape index (κ1) is 10.1. The van der Waals surface area contributed by atoms with E-state index in [1.165, 1.54) is 22.6 Å². The monoisotopic (exact) mass is 210 g/mol. The molecule has 0 aliphatic carbocycles. The minimum atomic E-state index is 0.507. The fourth-order valence-electron chi connectivity index (χ4n) is 2.16. The van der Waals surface area contributed by atoms with Gasteiger partial charge >= 0.3 is 0 Å². The van der Waals surface area contributed by atoms with E-state index in [4.69, 9.17) is 5.73 Å². The van der Waals surface area contributed by atoms with E-state index in [0.717, 1.165) is 13.1 Å². The van der Waals surface area contributed by atoms with Crippen molar-refractivity contribution >= 4 is 11.3 Å². The number of hydrogen-bond donors (Lipinski definition) is 2. The molecule has 1 aromatic heterocycles. The second-order valence-electron chi connectivity index (χ2n) is 4.02. The topological polar surface area (TPSA) is 38.0 Å². The summed E-state index contributed by atoms with van der Waals surface area (Å²) >= 11 is 1.90. The molecule has 1 fully saturated rings. The summed E-state index contributed by atoms with van der Waals surface area (Å²) in [6, 6.07) is 4.95. The zero-order valence-corrected chi connectivity index (χ0v) is 9.44. The van der Waals surface area contributed by atoms with Gasteiger partial charge in [0, 0.05) is 15.8 Å². The first-order chi connectivity index (χ1) is 6.81. The number of nitrogens with two attached hydrogens (primary N) is 1. The maximum absolute atomic E-state index is 5.80. The predicted molar refractivity (Wildman–Crippen MR) is 61.6 cm³/mol. The highest BCUT2D eigenvalue weighted by Gasteiger charge is 2.25. The van der Waals surface area contributed by atoms with Crippen LogP contribution in [0.25, 0.3) is 0 Å². The second-order valence-corrected chi connectivity index (χ2v) is 5.34. The molecule has 1 aliphatic heterocycles. The molecule has 2 heterocycles. The highest BCUT2D eigenvalue weighted by atomic mass is 32.1. The van der Waals surface area contributed by atoms with Crippen LogP contribution >= 0.6 is 11.3 Å². The van der Waals surface area contributed by atoms with E-state index >= 15 is 0 Å². The Hall–Kier alpha value is -0.380. The molecule has 0 amide bonds. The maximum Gasteiger partial charge on any atom is 0.0455 e. The fourth-order valence-corrected chi connectivity index (χ4v) is 3.21. The first-order valence-electron chi connectivity index (χ1n) is 5.31. The highest BCUT2D eigenvalue weighted by molar-refractivity contribution is 7.12. The van der Waals surface area contributed by atoms with Gasteiger partial charge < -0.3 is 11.1 Å². The quantitative estimate of drug-likeness (QED) is 0.784. The molecular formula is C11H18N2S.